The van der Waals surface area contributed by atoms with E-state index in [9.17, 15) is 4.79 Å². The molecular formula is C6H11N3O2S. The van der Waals surface area contributed by atoms with Gasteiger partial charge in [-0.05, 0) is 6.92 Å². The van der Waals surface area contributed by atoms with E-state index in [0.717, 1.165) is 0 Å². The Morgan fingerprint density at radius 2 is 2.50 bits per heavy atom. The van der Waals surface area contributed by atoms with E-state index in [4.69, 9.17) is 5.11 Å². The zero-order valence-corrected chi connectivity index (χ0v) is 7.76. The second-order valence-corrected chi connectivity index (χ2v) is 3.52. The number of nitrogens with zero attached hydrogens (tertiary/aromatic N) is 2. The number of rotatable bonds is 3. The highest BCUT2D eigenvalue weighted by atomic mass is 32.2. The average molecular weight is 189 g/mol. The van der Waals surface area contributed by atoms with Crippen molar-refractivity contribution in [3.05, 3.63) is 10.5 Å². The zero-order chi connectivity index (χ0) is 9.14. The lowest BCUT2D eigenvalue weighted by molar-refractivity contribution is 0.220. The van der Waals surface area contributed by atoms with E-state index < -0.39 is 0 Å². The quantitative estimate of drug-likeness (QED) is 0.634. The molecule has 1 aromatic heterocycles. The van der Waals surface area contributed by atoms with Crippen LogP contribution in [0.15, 0.2) is 9.95 Å². The van der Waals surface area contributed by atoms with Crippen LogP contribution in [0.1, 0.15) is 6.92 Å². The van der Waals surface area contributed by atoms with Crippen LogP contribution in [0.5, 0.6) is 0 Å². The summed E-state index contributed by atoms with van der Waals surface area (Å²) in [5.41, 5.74) is -0.233. The molecule has 68 valence electrons. The number of aliphatic hydroxyl groups is 1. The third-order valence-electron chi connectivity index (χ3n) is 1.29. The molecule has 1 rings (SSSR count). The molecule has 0 aromatic carbocycles. The van der Waals surface area contributed by atoms with Crippen LogP contribution in [-0.2, 0) is 7.05 Å². The second kappa shape index (κ2) is 3.77. The highest BCUT2D eigenvalue weighted by molar-refractivity contribution is 7.99. The number of hydrogen-bond acceptors (Lipinski definition) is 4. The maximum Gasteiger partial charge on any atom is 0.343 e. The first kappa shape index (κ1) is 9.34. The lowest BCUT2D eigenvalue weighted by atomic mass is 10.5. The van der Waals surface area contributed by atoms with E-state index in [2.05, 4.69) is 10.2 Å². The van der Waals surface area contributed by atoms with Gasteiger partial charge in [-0.1, -0.05) is 11.8 Å². The first-order valence-electron chi connectivity index (χ1n) is 3.53. The van der Waals surface area contributed by atoms with E-state index in [1.165, 1.54) is 16.3 Å². The monoisotopic (exact) mass is 189 g/mol. The summed E-state index contributed by atoms with van der Waals surface area (Å²) in [5, 5.41) is 15.6. The molecule has 0 saturated carbocycles. The number of H-pyrrole nitrogens is 1. The minimum Gasteiger partial charge on any atom is -0.393 e. The molecule has 0 aliphatic carbocycles. The summed E-state index contributed by atoms with van der Waals surface area (Å²) in [7, 11) is 1.64. The van der Waals surface area contributed by atoms with Crippen molar-refractivity contribution in [2.45, 2.75) is 18.2 Å². The van der Waals surface area contributed by atoms with Crippen molar-refractivity contribution in [2.75, 3.05) is 5.75 Å². The molecule has 0 bridgehead atoms. The number of aromatic amines is 1. The largest absolute Gasteiger partial charge is 0.393 e. The Kier molecular flexibility index (Phi) is 2.93. The standard InChI is InChI=1S/C6H11N3O2S/c1-4(10)3-12-6-8-7-5(11)9(6)2/h4,10H,3H2,1-2H3,(H,7,11)/t4-/m0/s1. The van der Waals surface area contributed by atoms with Crippen LogP contribution in [0.3, 0.4) is 0 Å². The van der Waals surface area contributed by atoms with Gasteiger partial charge in [-0.25, -0.2) is 9.89 Å². The van der Waals surface area contributed by atoms with Crippen molar-refractivity contribution in [1.29, 1.82) is 0 Å². The molecule has 0 unspecified atom stereocenters. The normalized spacial score (nSPS) is 13.2. The summed E-state index contributed by atoms with van der Waals surface area (Å²) >= 11 is 1.35. The molecule has 12 heavy (non-hydrogen) atoms. The fraction of sp³-hybridized carbons (Fsp3) is 0.667. The van der Waals surface area contributed by atoms with Crippen molar-refractivity contribution >= 4 is 11.8 Å². The van der Waals surface area contributed by atoms with E-state index in [0.29, 0.717) is 10.9 Å². The molecule has 0 saturated heterocycles. The Morgan fingerprint density at radius 1 is 1.83 bits per heavy atom. The maximum atomic E-state index is 10.9. The molecule has 2 N–H and O–H groups in total. The van der Waals surface area contributed by atoms with Gasteiger partial charge in [0.1, 0.15) is 0 Å². The molecule has 1 aromatic rings. The molecule has 1 atom stereocenters. The molecule has 0 fully saturated rings. The average Bonchev–Trinajstić information content (AvgIpc) is 2.30. The van der Waals surface area contributed by atoms with E-state index >= 15 is 0 Å². The van der Waals surface area contributed by atoms with E-state index in [-0.39, 0.29) is 11.8 Å². The van der Waals surface area contributed by atoms with E-state index in [1.54, 1.807) is 14.0 Å². The molecule has 6 heteroatoms. The predicted molar refractivity (Wildman–Crippen MR) is 46.2 cm³/mol. The minimum absolute atomic E-state index is 0.233. The van der Waals surface area contributed by atoms with Gasteiger partial charge in [-0.3, -0.25) is 4.57 Å². The first-order valence-corrected chi connectivity index (χ1v) is 4.52. The van der Waals surface area contributed by atoms with Gasteiger partial charge in [0.15, 0.2) is 5.16 Å². The van der Waals surface area contributed by atoms with Crippen molar-refractivity contribution in [3.63, 3.8) is 0 Å². The fourth-order valence-electron chi connectivity index (χ4n) is 0.657. The van der Waals surface area contributed by atoms with Crippen molar-refractivity contribution < 1.29 is 5.11 Å². The summed E-state index contributed by atoms with van der Waals surface area (Å²) in [6, 6.07) is 0. The molecule has 5 nitrogen and oxygen atoms in total. The highest BCUT2D eigenvalue weighted by Crippen LogP contribution is 2.12. The Balaban J connectivity index is 2.64. The summed E-state index contributed by atoms with van der Waals surface area (Å²) in [4.78, 5) is 10.9. The van der Waals surface area contributed by atoms with Gasteiger partial charge in [0.25, 0.3) is 0 Å². The van der Waals surface area contributed by atoms with Crippen molar-refractivity contribution in [1.82, 2.24) is 14.8 Å². The van der Waals surface area contributed by atoms with E-state index in [1.807, 2.05) is 0 Å². The van der Waals surface area contributed by atoms with Crippen LogP contribution in [0.2, 0.25) is 0 Å². The van der Waals surface area contributed by atoms with Crippen LogP contribution in [-0.4, -0.2) is 31.7 Å². The number of aliphatic hydroxyl groups excluding tert-OH is 1. The van der Waals surface area contributed by atoms with Gasteiger partial charge < -0.3 is 5.11 Å². The van der Waals surface area contributed by atoms with Gasteiger partial charge in [0.05, 0.1) is 6.10 Å². The van der Waals surface area contributed by atoms with Gasteiger partial charge in [0, 0.05) is 12.8 Å². The van der Waals surface area contributed by atoms with Crippen molar-refractivity contribution in [2.24, 2.45) is 7.05 Å². The topological polar surface area (TPSA) is 70.9 Å². The Labute approximate surface area is 73.8 Å². The van der Waals surface area contributed by atoms with Gasteiger partial charge in [-0.15, -0.1) is 5.10 Å². The second-order valence-electron chi connectivity index (χ2n) is 2.53. The summed E-state index contributed by atoms with van der Waals surface area (Å²) in [6.07, 6.45) is -0.387. The SMILES string of the molecule is C[C@H](O)CSc1n[nH]c(=O)n1C. The maximum absolute atomic E-state index is 10.9. The Bertz CT molecular complexity index is 304. The predicted octanol–water partition coefficient (Wildman–Crippen LogP) is -0.419. The molecule has 1 heterocycles. The highest BCUT2D eigenvalue weighted by Gasteiger charge is 2.05. The number of hydrogen-bond donors (Lipinski definition) is 2. The van der Waals surface area contributed by atoms with Crippen LogP contribution in [0.25, 0.3) is 0 Å². The van der Waals surface area contributed by atoms with Crippen molar-refractivity contribution in [3.8, 4) is 0 Å². The smallest absolute Gasteiger partial charge is 0.343 e. The fourth-order valence-corrected chi connectivity index (χ4v) is 1.43. The first-order chi connectivity index (χ1) is 5.61. The van der Waals surface area contributed by atoms with Crippen LogP contribution in [0, 0.1) is 0 Å². The number of aromatic nitrogens is 3. The van der Waals surface area contributed by atoms with Gasteiger partial charge in [-0.2, -0.15) is 0 Å². The summed E-state index contributed by atoms with van der Waals surface area (Å²) < 4.78 is 1.41. The minimum atomic E-state index is -0.387. The molecule has 0 radical (unpaired) electrons. The summed E-state index contributed by atoms with van der Waals surface area (Å²) in [5.74, 6) is 0.540. The Morgan fingerprint density at radius 3 is 2.92 bits per heavy atom. The molecule has 0 spiro atoms. The van der Waals surface area contributed by atoms with Gasteiger partial charge in [0.2, 0.25) is 0 Å². The molecule has 0 aliphatic rings. The molecule has 0 aliphatic heterocycles. The number of nitrogens with one attached hydrogen (secondary N) is 1. The van der Waals surface area contributed by atoms with Crippen LogP contribution >= 0.6 is 11.8 Å². The molecular weight excluding hydrogens is 178 g/mol. The van der Waals surface area contributed by atoms with Gasteiger partial charge >= 0.3 is 5.69 Å². The summed E-state index contributed by atoms with van der Waals surface area (Å²) in [6.45, 7) is 1.69. The Hall–Kier alpha value is -0.750. The lowest BCUT2D eigenvalue weighted by Gasteiger charge is -2.01. The molecule has 0 amide bonds. The number of thioether (sulfide) groups is 1. The van der Waals surface area contributed by atoms with Crippen LogP contribution in [0.4, 0.5) is 0 Å². The third kappa shape index (κ3) is 2.12. The third-order valence-corrected chi connectivity index (χ3v) is 2.56. The lowest BCUT2D eigenvalue weighted by Crippen LogP contribution is -2.13. The zero-order valence-electron chi connectivity index (χ0n) is 6.94. The van der Waals surface area contributed by atoms with Crippen LogP contribution < -0.4 is 5.69 Å².